The SMILES string of the molecule is CC(C)=CCC/C(C)=C/CC/C(C)=C/CC/C(C)=C/CCP1(C)(C)CP1C. The molecule has 1 aliphatic rings. The van der Waals surface area contributed by atoms with Crippen molar-refractivity contribution >= 4 is 13.9 Å². The minimum absolute atomic E-state index is 0.418. The van der Waals surface area contributed by atoms with E-state index < -0.39 is 6.29 Å². The summed E-state index contributed by atoms with van der Waals surface area (Å²) in [6.45, 7) is 19.1. The molecular formula is C25H46P2. The zero-order valence-electron chi connectivity index (χ0n) is 19.6. The Morgan fingerprint density at radius 2 is 1.07 bits per heavy atom. The average Bonchev–Trinajstić information content (AvgIpc) is 3.06. The topological polar surface area (TPSA) is 0 Å². The normalized spacial score (nSPS) is 23.5. The molecule has 0 amide bonds. The molecule has 1 rings (SSSR count). The molecule has 0 spiro atoms. The Balaban J connectivity index is 2.22. The molecule has 0 nitrogen and oxygen atoms in total. The van der Waals surface area contributed by atoms with Gasteiger partial charge in [0.1, 0.15) is 0 Å². The first kappa shape index (κ1) is 24.9. The summed E-state index contributed by atoms with van der Waals surface area (Å²) >= 11 is 0. The number of hydrogen-bond acceptors (Lipinski definition) is 0. The molecule has 0 bridgehead atoms. The van der Waals surface area contributed by atoms with Crippen LogP contribution in [0, 0.1) is 0 Å². The third-order valence-electron chi connectivity index (χ3n) is 6.21. The Kier molecular flexibility index (Phi) is 10.2. The van der Waals surface area contributed by atoms with Crippen molar-refractivity contribution in [2.75, 3.05) is 32.1 Å². The maximum atomic E-state index is 2.63. The van der Waals surface area contributed by atoms with Crippen molar-refractivity contribution in [1.82, 2.24) is 0 Å². The van der Waals surface area contributed by atoms with E-state index in [1.807, 2.05) is 0 Å². The molecule has 1 heterocycles. The van der Waals surface area contributed by atoms with Crippen molar-refractivity contribution in [2.45, 2.75) is 79.6 Å². The van der Waals surface area contributed by atoms with E-state index in [4.69, 9.17) is 0 Å². The van der Waals surface area contributed by atoms with Gasteiger partial charge < -0.3 is 0 Å². The molecule has 0 N–H and O–H groups in total. The number of hydrogen-bond donors (Lipinski definition) is 0. The average molecular weight is 409 g/mol. The van der Waals surface area contributed by atoms with Crippen LogP contribution >= 0.6 is 13.9 Å². The van der Waals surface area contributed by atoms with E-state index in [0.717, 1.165) is 0 Å². The fourth-order valence-corrected chi connectivity index (χ4v) is 15.9. The Labute approximate surface area is 172 Å². The van der Waals surface area contributed by atoms with Gasteiger partial charge in [0.25, 0.3) is 0 Å². The van der Waals surface area contributed by atoms with Gasteiger partial charge in [0.05, 0.1) is 0 Å². The first-order valence-corrected chi connectivity index (χ1v) is 17.0. The quantitative estimate of drug-likeness (QED) is 0.223. The molecule has 0 aromatic carbocycles. The van der Waals surface area contributed by atoms with Gasteiger partial charge in [-0.1, -0.05) is 11.6 Å². The summed E-state index contributed by atoms with van der Waals surface area (Å²) in [6, 6.07) is 0. The second kappa shape index (κ2) is 11.1. The standard InChI is InChI=1S/C25H46P2/c1-22(2)13-9-14-23(3)15-10-16-24(4)17-11-18-25(5)19-12-20-27(7,8)21-26(27)6/h13,15,17,19H,9-12,14,16,18,20-21H2,1-8H3/b23-15+,24-17+,25-19+. The van der Waals surface area contributed by atoms with Crippen molar-refractivity contribution in [3.05, 3.63) is 46.6 Å². The predicted octanol–water partition coefficient (Wildman–Crippen LogP) is 9.33. The Hall–Kier alpha value is -0.180. The van der Waals surface area contributed by atoms with Crippen LogP contribution in [0.15, 0.2) is 46.6 Å². The van der Waals surface area contributed by atoms with E-state index in [1.165, 1.54) is 62.3 Å². The van der Waals surface area contributed by atoms with E-state index in [9.17, 15) is 0 Å². The molecule has 27 heavy (non-hydrogen) atoms. The van der Waals surface area contributed by atoms with Crippen LogP contribution in [0.3, 0.4) is 0 Å². The van der Waals surface area contributed by atoms with Crippen molar-refractivity contribution < 1.29 is 0 Å². The van der Waals surface area contributed by atoms with Crippen LogP contribution in [0.1, 0.15) is 79.6 Å². The van der Waals surface area contributed by atoms with Crippen molar-refractivity contribution in [1.29, 1.82) is 0 Å². The Morgan fingerprint density at radius 1 is 0.704 bits per heavy atom. The van der Waals surface area contributed by atoms with E-state index in [-0.39, 0.29) is 0 Å². The molecule has 0 aromatic rings. The zero-order valence-corrected chi connectivity index (χ0v) is 21.4. The summed E-state index contributed by atoms with van der Waals surface area (Å²) in [5.41, 5.74) is 6.11. The molecule has 1 fully saturated rings. The predicted molar refractivity (Wildman–Crippen MR) is 134 cm³/mol. The third kappa shape index (κ3) is 10.2. The minimum atomic E-state index is -1.13. The van der Waals surface area contributed by atoms with Crippen LogP contribution in [-0.2, 0) is 0 Å². The van der Waals surface area contributed by atoms with Crippen LogP contribution < -0.4 is 0 Å². The van der Waals surface area contributed by atoms with Gasteiger partial charge in [-0.05, 0) is 33.6 Å². The fourth-order valence-electron chi connectivity index (χ4n) is 3.56. The second-order valence-electron chi connectivity index (χ2n) is 9.98. The first-order valence-electron chi connectivity index (χ1n) is 10.8. The summed E-state index contributed by atoms with van der Waals surface area (Å²) in [7, 11) is 0.418. The van der Waals surface area contributed by atoms with E-state index >= 15 is 0 Å². The van der Waals surface area contributed by atoms with Crippen molar-refractivity contribution in [3.8, 4) is 0 Å². The molecule has 0 aliphatic carbocycles. The van der Waals surface area contributed by atoms with E-state index in [2.05, 4.69) is 78.9 Å². The molecule has 1 atom stereocenters. The number of rotatable bonds is 12. The van der Waals surface area contributed by atoms with Gasteiger partial charge in [-0.15, -0.1) is 0 Å². The summed E-state index contributed by atoms with van der Waals surface area (Å²) in [5, 5.41) is 0. The molecule has 0 saturated carbocycles. The maximum absolute atomic E-state index is 2.63. The number of allylic oxidation sites excluding steroid dienone is 8. The summed E-state index contributed by atoms with van der Waals surface area (Å²) in [5.74, 6) is 1.60. The van der Waals surface area contributed by atoms with Gasteiger partial charge >= 0.3 is 127 Å². The van der Waals surface area contributed by atoms with Gasteiger partial charge in [-0.2, -0.15) is 0 Å². The monoisotopic (exact) mass is 408 g/mol. The Morgan fingerprint density at radius 3 is 1.44 bits per heavy atom. The van der Waals surface area contributed by atoms with Crippen molar-refractivity contribution in [2.24, 2.45) is 0 Å². The Bertz CT molecular complexity index is 598. The van der Waals surface area contributed by atoms with Crippen LogP contribution in [0.4, 0.5) is 0 Å². The van der Waals surface area contributed by atoms with E-state index in [1.54, 1.807) is 17.0 Å². The van der Waals surface area contributed by atoms with Crippen molar-refractivity contribution in [3.63, 3.8) is 0 Å². The molecule has 156 valence electrons. The van der Waals surface area contributed by atoms with Crippen LogP contribution in [0.25, 0.3) is 0 Å². The van der Waals surface area contributed by atoms with Crippen LogP contribution in [0.5, 0.6) is 0 Å². The van der Waals surface area contributed by atoms with Crippen LogP contribution in [-0.4, -0.2) is 32.1 Å². The first-order chi connectivity index (χ1) is 12.5. The molecule has 1 unspecified atom stereocenters. The molecular weight excluding hydrogens is 362 g/mol. The van der Waals surface area contributed by atoms with Gasteiger partial charge in [0.2, 0.25) is 0 Å². The summed E-state index contributed by atoms with van der Waals surface area (Å²) in [6.07, 6.45) is 18.7. The van der Waals surface area contributed by atoms with Gasteiger partial charge in [-0.3, -0.25) is 0 Å². The van der Waals surface area contributed by atoms with Gasteiger partial charge in [0, 0.05) is 0 Å². The summed E-state index contributed by atoms with van der Waals surface area (Å²) < 4.78 is 0. The fraction of sp³-hybridized carbons (Fsp3) is 0.680. The summed E-state index contributed by atoms with van der Waals surface area (Å²) in [4.78, 5) is 0. The van der Waals surface area contributed by atoms with Crippen LogP contribution in [0.2, 0.25) is 0 Å². The molecule has 0 radical (unpaired) electrons. The molecule has 1 saturated heterocycles. The second-order valence-corrected chi connectivity index (χ2v) is 24.3. The molecule has 1 aliphatic heterocycles. The molecule has 0 aromatic heterocycles. The van der Waals surface area contributed by atoms with Gasteiger partial charge in [0.15, 0.2) is 0 Å². The van der Waals surface area contributed by atoms with E-state index in [0.29, 0.717) is 7.61 Å². The zero-order chi connectivity index (χ0) is 20.5. The van der Waals surface area contributed by atoms with Gasteiger partial charge in [-0.25, -0.2) is 0 Å². The molecule has 2 heteroatoms. The third-order valence-corrected chi connectivity index (χ3v) is 22.3.